The number of fused-ring (bicyclic) bond motifs is 1. The molecule has 27 heavy (non-hydrogen) atoms. The molecule has 7 heteroatoms. The third kappa shape index (κ3) is 3.73. The van der Waals surface area contributed by atoms with Crippen LogP contribution in [0.15, 0.2) is 70.7 Å². The number of Topliss-reactive ketones (excluding diaryl/α,β-unsaturated/α-hetero) is 1. The van der Waals surface area contributed by atoms with Crippen molar-refractivity contribution in [3.05, 3.63) is 82.4 Å². The second-order valence-electron chi connectivity index (χ2n) is 6.16. The fourth-order valence-corrected chi connectivity index (χ4v) is 3.86. The highest BCUT2D eigenvalue weighted by molar-refractivity contribution is 7.99. The molecule has 0 aliphatic carbocycles. The first-order chi connectivity index (χ1) is 13.2. The molecular weight excluding hydrogens is 360 g/mol. The molecule has 4 aromatic rings. The second kappa shape index (κ2) is 7.67. The third-order valence-corrected chi connectivity index (χ3v) is 5.39. The normalized spacial score (nSPS) is 11.1. The van der Waals surface area contributed by atoms with Crippen molar-refractivity contribution in [2.45, 2.75) is 18.1 Å². The summed E-state index contributed by atoms with van der Waals surface area (Å²) in [5.74, 6) is 0.222. The smallest absolute Gasteiger partial charge is 0.343 e. The number of aromatic amines is 2. The number of carbonyl (C=O) groups is 1. The van der Waals surface area contributed by atoms with Gasteiger partial charge in [-0.15, -0.1) is 5.10 Å². The lowest BCUT2D eigenvalue weighted by molar-refractivity contribution is 0.102. The van der Waals surface area contributed by atoms with Crippen molar-refractivity contribution in [1.82, 2.24) is 19.7 Å². The van der Waals surface area contributed by atoms with Crippen molar-refractivity contribution in [2.75, 3.05) is 5.75 Å². The van der Waals surface area contributed by atoms with Crippen LogP contribution in [0.4, 0.5) is 0 Å². The van der Waals surface area contributed by atoms with Crippen molar-refractivity contribution in [1.29, 1.82) is 0 Å². The Hall–Kier alpha value is -3.06. The second-order valence-corrected chi connectivity index (χ2v) is 7.10. The van der Waals surface area contributed by atoms with Gasteiger partial charge in [0.25, 0.3) is 0 Å². The summed E-state index contributed by atoms with van der Waals surface area (Å²) in [6.45, 7) is 0.517. The van der Waals surface area contributed by atoms with E-state index in [1.165, 1.54) is 11.8 Å². The van der Waals surface area contributed by atoms with Crippen LogP contribution in [0.1, 0.15) is 15.9 Å². The lowest BCUT2D eigenvalue weighted by Gasteiger charge is -2.05. The van der Waals surface area contributed by atoms with E-state index in [1.807, 2.05) is 54.6 Å². The van der Waals surface area contributed by atoms with Crippen molar-refractivity contribution >= 4 is 28.4 Å². The average Bonchev–Trinajstić information content (AvgIpc) is 3.29. The van der Waals surface area contributed by atoms with Crippen LogP contribution in [0.2, 0.25) is 0 Å². The maximum absolute atomic E-state index is 12.6. The Labute approximate surface area is 159 Å². The standard InChI is InChI=1S/C20H18N4O2S/c25-18(16-12-21-17-9-5-4-8-15(16)17)13-27-20-23-22-19(26)24(20)11-10-14-6-2-1-3-7-14/h1-9,12,21H,10-11,13H2,(H,22,26). The molecule has 0 unspecified atom stereocenters. The number of nitrogens with one attached hydrogen (secondary N) is 2. The summed E-state index contributed by atoms with van der Waals surface area (Å²) < 4.78 is 1.58. The molecule has 2 aromatic carbocycles. The highest BCUT2D eigenvalue weighted by atomic mass is 32.2. The van der Waals surface area contributed by atoms with Gasteiger partial charge in [-0.3, -0.25) is 9.36 Å². The van der Waals surface area contributed by atoms with E-state index in [-0.39, 0.29) is 17.2 Å². The number of benzene rings is 2. The highest BCUT2D eigenvalue weighted by Gasteiger charge is 2.15. The number of thioether (sulfide) groups is 1. The van der Waals surface area contributed by atoms with Gasteiger partial charge in [0, 0.05) is 29.2 Å². The number of aryl methyl sites for hydroxylation is 1. The number of hydrogen-bond acceptors (Lipinski definition) is 4. The van der Waals surface area contributed by atoms with E-state index in [0.29, 0.717) is 17.3 Å². The van der Waals surface area contributed by atoms with E-state index in [1.54, 1.807) is 10.8 Å². The number of nitrogens with zero attached hydrogens (tertiary/aromatic N) is 2. The van der Waals surface area contributed by atoms with E-state index in [0.717, 1.165) is 22.9 Å². The number of hydrogen-bond donors (Lipinski definition) is 2. The molecular formula is C20H18N4O2S. The van der Waals surface area contributed by atoms with E-state index in [4.69, 9.17) is 0 Å². The first-order valence-corrected chi connectivity index (χ1v) is 9.62. The lowest BCUT2D eigenvalue weighted by Crippen LogP contribution is -2.19. The molecule has 2 heterocycles. The molecule has 0 aliphatic rings. The number of ketones is 1. The SMILES string of the molecule is O=C(CSc1n[nH]c(=O)n1CCc1ccccc1)c1c[nH]c2ccccc12. The molecule has 0 aliphatic heterocycles. The van der Waals surface area contributed by atoms with Crippen LogP contribution in [0.3, 0.4) is 0 Å². The lowest BCUT2D eigenvalue weighted by atomic mass is 10.1. The van der Waals surface area contributed by atoms with Crippen LogP contribution in [0, 0.1) is 0 Å². The van der Waals surface area contributed by atoms with Crippen molar-refractivity contribution < 1.29 is 4.79 Å². The van der Waals surface area contributed by atoms with Crippen molar-refractivity contribution in [2.24, 2.45) is 0 Å². The predicted molar refractivity (Wildman–Crippen MR) is 106 cm³/mol. The molecule has 2 aromatic heterocycles. The topological polar surface area (TPSA) is 83.5 Å². The summed E-state index contributed by atoms with van der Waals surface area (Å²) in [6, 6.07) is 17.7. The summed E-state index contributed by atoms with van der Waals surface area (Å²) in [5, 5.41) is 7.99. The first kappa shape index (κ1) is 17.4. The Kier molecular flexibility index (Phi) is 4.93. The highest BCUT2D eigenvalue weighted by Crippen LogP contribution is 2.21. The van der Waals surface area contributed by atoms with E-state index in [2.05, 4.69) is 15.2 Å². The molecule has 4 rings (SSSR count). The van der Waals surface area contributed by atoms with Crippen molar-refractivity contribution in [3.63, 3.8) is 0 Å². The largest absolute Gasteiger partial charge is 0.360 e. The maximum Gasteiger partial charge on any atom is 0.343 e. The molecule has 2 N–H and O–H groups in total. The Balaban J connectivity index is 1.45. The molecule has 0 spiro atoms. The monoisotopic (exact) mass is 378 g/mol. The molecule has 0 bridgehead atoms. The minimum Gasteiger partial charge on any atom is -0.360 e. The maximum atomic E-state index is 12.6. The quantitative estimate of drug-likeness (QED) is 0.382. The zero-order chi connectivity index (χ0) is 18.6. The Morgan fingerprint density at radius 2 is 1.85 bits per heavy atom. The van der Waals surface area contributed by atoms with Gasteiger partial charge >= 0.3 is 5.69 Å². The van der Waals surface area contributed by atoms with Crippen LogP contribution >= 0.6 is 11.8 Å². The number of rotatable bonds is 7. The molecule has 0 amide bonds. The Morgan fingerprint density at radius 3 is 2.70 bits per heavy atom. The van der Waals surface area contributed by atoms with Crippen LogP contribution < -0.4 is 5.69 Å². The van der Waals surface area contributed by atoms with Crippen LogP contribution in [0.25, 0.3) is 10.9 Å². The van der Waals surface area contributed by atoms with Gasteiger partial charge in [-0.1, -0.05) is 60.3 Å². The first-order valence-electron chi connectivity index (χ1n) is 8.63. The predicted octanol–water partition coefficient (Wildman–Crippen LogP) is 3.27. The molecule has 136 valence electrons. The molecule has 0 atom stereocenters. The van der Waals surface area contributed by atoms with Crippen molar-refractivity contribution in [3.8, 4) is 0 Å². The van der Waals surface area contributed by atoms with Gasteiger partial charge in [-0.25, -0.2) is 9.89 Å². The average molecular weight is 378 g/mol. The minimum atomic E-state index is -0.257. The summed E-state index contributed by atoms with van der Waals surface area (Å²) >= 11 is 1.28. The summed E-state index contributed by atoms with van der Waals surface area (Å²) in [6.07, 6.45) is 2.46. The fourth-order valence-electron chi connectivity index (χ4n) is 3.01. The summed E-state index contributed by atoms with van der Waals surface area (Å²) in [4.78, 5) is 27.8. The summed E-state index contributed by atoms with van der Waals surface area (Å²) in [7, 11) is 0. The third-order valence-electron chi connectivity index (χ3n) is 4.41. The molecule has 0 saturated heterocycles. The number of para-hydroxylation sites is 1. The van der Waals surface area contributed by atoms with Gasteiger partial charge in [0.1, 0.15) is 0 Å². The minimum absolute atomic E-state index is 0.00232. The molecule has 0 fully saturated rings. The molecule has 6 nitrogen and oxygen atoms in total. The number of H-pyrrole nitrogens is 2. The molecule has 0 radical (unpaired) electrons. The zero-order valence-corrected chi connectivity index (χ0v) is 15.3. The van der Waals surface area contributed by atoms with Gasteiger partial charge in [0.15, 0.2) is 10.9 Å². The fraction of sp³-hybridized carbons (Fsp3) is 0.150. The zero-order valence-electron chi connectivity index (χ0n) is 14.5. The van der Waals surface area contributed by atoms with Gasteiger partial charge in [-0.2, -0.15) is 0 Å². The molecule has 0 saturated carbocycles. The van der Waals surface area contributed by atoms with Gasteiger partial charge in [0.05, 0.1) is 5.75 Å². The van der Waals surface area contributed by atoms with Gasteiger partial charge in [-0.05, 0) is 18.1 Å². The number of aromatic nitrogens is 4. The van der Waals surface area contributed by atoms with Gasteiger partial charge in [0.2, 0.25) is 0 Å². The van der Waals surface area contributed by atoms with Gasteiger partial charge < -0.3 is 4.98 Å². The Bertz CT molecular complexity index is 1130. The van der Waals surface area contributed by atoms with E-state index < -0.39 is 0 Å². The number of carbonyl (C=O) groups excluding carboxylic acids is 1. The van der Waals surface area contributed by atoms with Crippen LogP contribution in [-0.4, -0.2) is 31.3 Å². The van der Waals surface area contributed by atoms with E-state index >= 15 is 0 Å². The van der Waals surface area contributed by atoms with Crippen LogP contribution in [0.5, 0.6) is 0 Å². The van der Waals surface area contributed by atoms with Crippen LogP contribution in [-0.2, 0) is 13.0 Å². The Morgan fingerprint density at radius 1 is 1.07 bits per heavy atom. The summed E-state index contributed by atoms with van der Waals surface area (Å²) in [5.41, 5.74) is 2.49. The van der Waals surface area contributed by atoms with E-state index in [9.17, 15) is 9.59 Å².